The van der Waals surface area contributed by atoms with E-state index >= 15 is 0 Å². The van der Waals surface area contributed by atoms with Crippen molar-refractivity contribution in [3.8, 4) is 5.75 Å². The Balaban J connectivity index is 1.96. The second-order valence-corrected chi connectivity index (χ2v) is 6.12. The Morgan fingerprint density at radius 1 is 1.26 bits per heavy atom. The quantitative estimate of drug-likeness (QED) is 0.575. The van der Waals surface area contributed by atoms with Crippen LogP contribution in [0.5, 0.6) is 5.75 Å². The Morgan fingerprint density at radius 2 is 1.84 bits per heavy atom. The number of rotatable bonds is 2. The molecule has 1 saturated carbocycles. The second kappa shape index (κ2) is 4.58. The molecule has 2 amide bonds. The summed E-state index contributed by atoms with van der Waals surface area (Å²) in [6, 6.07) is 6.00. The summed E-state index contributed by atoms with van der Waals surface area (Å²) in [7, 11) is 0. The van der Waals surface area contributed by atoms with Crippen LogP contribution in [-0.4, -0.2) is 21.3 Å². The van der Waals surface area contributed by atoms with Gasteiger partial charge in [-0.15, -0.1) is 23.2 Å². The minimum Gasteiger partial charge on any atom is -0.507 e. The van der Waals surface area contributed by atoms with Crippen molar-refractivity contribution in [1.82, 2.24) is 10.9 Å². The van der Waals surface area contributed by atoms with E-state index in [2.05, 4.69) is 10.9 Å². The molecule has 0 spiro atoms. The van der Waals surface area contributed by atoms with Gasteiger partial charge in [0, 0.05) is 0 Å². The third-order valence-corrected chi connectivity index (χ3v) is 4.30. The fraction of sp³-hybridized carbons (Fsp3) is 0.333. The molecule has 0 unspecified atom stereocenters. The Morgan fingerprint density at radius 3 is 2.37 bits per heavy atom. The van der Waals surface area contributed by atoms with Crippen molar-refractivity contribution in [3.63, 3.8) is 0 Å². The fourth-order valence-corrected chi connectivity index (χ4v) is 2.34. The minimum absolute atomic E-state index is 0.0618. The summed E-state index contributed by atoms with van der Waals surface area (Å²) < 4.78 is -1.10. The molecule has 0 bridgehead atoms. The highest BCUT2D eigenvalue weighted by Crippen LogP contribution is 2.63. The molecule has 7 heteroatoms. The summed E-state index contributed by atoms with van der Waals surface area (Å²) >= 11 is 11.7. The number of hydrogen-bond acceptors (Lipinski definition) is 3. The lowest BCUT2D eigenvalue weighted by Gasteiger charge is -2.13. The number of nitrogens with one attached hydrogen (secondary N) is 2. The first-order valence-electron chi connectivity index (χ1n) is 5.54. The number of alkyl halides is 2. The average Bonchev–Trinajstić information content (AvgIpc) is 2.87. The van der Waals surface area contributed by atoms with Gasteiger partial charge in [0.1, 0.15) is 10.1 Å². The number of phenolic OH excluding ortho intramolecular Hbond substituents is 1. The van der Waals surface area contributed by atoms with E-state index in [0.29, 0.717) is 6.42 Å². The third-order valence-electron chi connectivity index (χ3n) is 3.20. The van der Waals surface area contributed by atoms with Gasteiger partial charge in [0.15, 0.2) is 0 Å². The zero-order valence-corrected chi connectivity index (χ0v) is 11.5. The summed E-state index contributed by atoms with van der Waals surface area (Å²) in [5.74, 6) is -1.26. The molecule has 0 radical (unpaired) electrons. The second-order valence-electron chi connectivity index (χ2n) is 4.64. The van der Waals surface area contributed by atoms with E-state index in [1.807, 2.05) is 0 Å². The summed E-state index contributed by atoms with van der Waals surface area (Å²) in [6.07, 6.45) is 0.321. The Bertz CT molecular complexity index is 548. The van der Waals surface area contributed by atoms with Crippen LogP contribution in [0.4, 0.5) is 0 Å². The number of amides is 2. The molecule has 0 saturated heterocycles. The van der Waals surface area contributed by atoms with E-state index in [1.165, 1.54) is 12.1 Å². The van der Waals surface area contributed by atoms with Crippen molar-refractivity contribution in [3.05, 3.63) is 29.8 Å². The van der Waals surface area contributed by atoms with Crippen molar-refractivity contribution < 1.29 is 14.7 Å². The van der Waals surface area contributed by atoms with Gasteiger partial charge in [-0.1, -0.05) is 12.1 Å². The van der Waals surface area contributed by atoms with Crippen molar-refractivity contribution in [2.45, 2.75) is 17.7 Å². The maximum Gasteiger partial charge on any atom is 0.273 e. The smallest absolute Gasteiger partial charge is 0.273 e. The molecular formula is C12H12Cl2N2O3. The predicted octanol–water partition coefficient (Wildman–Crippen LogP) is 1.74. The van der Waals surface area contributed by atoms with Crippen molar-refractivity contribution >= 4 is 35.0 Å². The van der Waals surface area contributed by atoms with Gasteiger partial charge in [-0.25, -0.2) is 0 Å². The van der Waals surface area contributed by atoms with Gasteiger partial charge in [-0.3, -0.25) is 20.4 Å². The highest BCUT2D eigenvalue weighted by molar-refractivity contribution is 6.53. The predicted molar refractivity (Wildman–Crippen MR) is 70.9 cm³/mol. The van der Waals surface area contributed by atoms with Crippen LogP contribution in [0.15, 0.2) is 24.3 Å². The molecule has 19 heavy (non-hydrogen) atoms. The number of para-hydroxylation sites is 1. The molecule has 3 N–H and O–H groups in total. The molecule has 5 nitrogen and oxygen atoms in total. The van der Waals surface area contributed by atoms with Crippen molar-refractivity contribution in [2.24, 2.45) is 5.41 Å². The lowest BCUT2D eigenvalue weighted by atomic mass is 10.1. The summed E-state index contributed by atoms with van der Waals surface area (Å²) in [4.78, 5) is 23.5. The Kier molecular flexibility index (Phi) is 3.36. The average molecular weight is 303 g/mol. The van der Waals surface area contributed by atoms with Crippen LogP contribution in [0.25, 0.3) is 0 Å². The van der Waals surface area contributed by atoms with Gasteiger partial charge in [-0.2, -0.15) is 0 Å². The number of hydrogen-bond donors (Lipinski definition) is 3. The molecule has 0 heterocycles. The number of halogens is 2. The number of aromatic hydroxyl groups is 1. The molecule has 0 aromatic heterocycles. The SMILES string of the molecule is C[C@@]1(C(=O)NNC(=O)c2ccccc2O)CC1(Cl)Cl. The van der Waals surface area contributed by atoms with E-state index in [1.54, 1.807) is 19.1 Å². The highest BCUT2D eigenvalue weighted by Gasteiger charge is 2.68. The van der Waals surface area contributed by atoms with E-state index in [0.717, 1.165) is 0 Å². The van der Waals surface area contributed by atoms with E-state index in [4.69, 9.17) is 23.2 Å². The van der Waals surface area contributed by atoms with Crippen LogP contribution < -0.4 is 10.9 Å². The van der Waals surface area contributed by atoms with Gasteiger partial charge >= 0.3 is 0 Å². The first-order valence-corrected chi connectivity index (χ1v) is 6.30. The number of hydrazine groups is 1. The van der Waals surface area contributed by atoms with Gasteiger partial charge in [0.2, 0.25) is 5.91 Å². The molecule has 1 aliphatic rings. The zero-order valence-electron chi connectivity index (χ0n) is 10.0. The number of carbonyl (C=O) groups excluding carboxylic acids is 2. The molecule has 0 aliphatic heterocycles. The van der Waals surface area contributed by atoms with Crippen LogP contribution in [0.2, 0.25) is 0 Å². The standard InChI is InChI=1S/C12H12Cl2N2O3/c1-11(6-12(11,13)14)10(19)16-15-9(18)7-4-2-3-5-8(7)17/h2-5,17H,6H2,1H3,(H,15,18)(H,16,19)/t11-/m0/s1. The van der Waals surface area contributed by atoms with Crippen LogP contribution in [0.1, 0.15) is 23.7 Å². The van der Waals surface area contributed by atoms with Gasteiger partial charge < -0.3 is 5.11 Å². The number of benzene rings is 1. The highest BCUT2D eigenvalue weighted by atomic mass is 35.5. The number of carbonyl (C=O) groups is 2. The minimum atomic E-state index is -1.10. The maximum absolute atomic E-state index is 11.8. The summed E-state index contributed by atoms with van der Waals surface area (Å²) in [5, 5.41) is 9.49. The molecule has 102 valence electrons. The molecular weight excluding hydrogens is 291 g/mol. The Labute approximate surface area is 119 Å². The van der Waals surface area contributed by atoms with Crippen LogP contribution in [0.3, 0.4) is 0 Å². The zero-order chi connectivity index (χ0) is 14.3. The van der Waals surface area contributed by atoms with E-state index in [9.17, 15) is 14.7 Å². The topological polar surface area (TPSA) is 78.4 Å². The number of phenols is 1. The summed E-state index contributed by atoms with van der Waals surface area (Å²) in [5.41, 5.74) is 3.60. The molecule has 1 aromatic rings. The van der Waals surface area contributed by atoms with Crippen LogP contribution in [0, 0.1) is 5.41 Å². The van der Waals surface area contributed by atoms with Gasteiger partial charge in [0.05, 0.1) is 11.0 Å². The fourth-order valence-electron chi connectivity index (χ4n) is 1.63. The molecule has 1 aliphatic carbocycles. The van der Waals surface area contributed by atoms with E-state index in [-0.39, 0.29) is 11.3 Å². The Hall–Kier alpha value is -1.46. The maximum atomic E-state index is 11.8. The third kappa shape index (κ3) is 2.48. The monoisotopic (exact) mass is 302 g/mol. The molecule has 1 fully saturated rings. The molecule has 1 aromatic carbocycles. The lowest BCUT2D eigenvalue weighted by Crippen LogP contribution is -2.45. The van der Waals surface area contributed by atoms with E-state index < -0.39 is 21.6 Å². The van der Waals surface area contributed by atoms with Gasteiger partial charge in [0.25, 0.3) is 5.91 Å². The molecule has 2 rings (SSSR count). The normalized spacial score (nSPS) is 23.5. The first-order chi connectivity index (χ1) is 8.78. The van der Waals surface area contributed by atoms with Crippen LogP contribution >= 0.6 is 23.2 Å². The lowest BCUT2D eigenvalue weighted by molar-refractivity contribution is -0.126. The first kappa shape index (κ1) is 14.0. The summed E-state index contributed by atoms with van der Waals surface area (Å²) in [6.45, 7) is 1.61. The van der Waals surface area contributed by atoms with Crippen molar-refractivity contribution in [2.75, 3.05) is 0 Å². The van der Waals surface area contributed by atoms with Crippen LogP contribution in [-0.2, 0) is 4.79 Å². The van der Waals surface area contributed by atoms with Gasteiger partial charge in [-0.05, 0) is 25.5 Å². The largest absolute Gasteiger partial charge is 0.507 e. The van der Waals surface area contributed by atoms with Crippen molar-refractivity contribution in [1.29, 1.82) is 0 Å². The molecule has 1 atom stereocenters.